The van der Waals surface area contributed by atoms with E-state index in [1.54, 1.807) is 28.5 Å². The van der Waals surface area contributed by atoms with Crippen molar-refractivity contribution in [3.05, 3.63) is 109 Å². The van der Waals surface area contributed by atoms with Crippen LogP contribution in [-0.4, -0.2) is 104 Å². The normalized spacial score (nSPS) is 20.5. The number of anilines is 3. The van der Waals surface area contributed by atoms with Crippen LogP contribution >= 0.6 is 11.6 Å². The number of carbonyl (C=O) groups excluding carboxylic acids is 2. The maximum Gasteiger partial charge on any atom is 0.418 e. The number of nitrogens with one attached hydrogen (secondary N) is 1. The molecule has 16 nitrogen and oxygen atoms in total. The number of nitrogens with zero attached hydrogens (tertiary/aromatic N) is 7. The Morgan fingerprint density at radius 2 is 1.81 bits per heavy atom. The summed E-state index contributed by atoms with van der Waals surface area (Å²) in [7, 11) is 0. The molecule has 9 heterocycles. The zero-order valence-corrected chi connectivity index (χ0v) is 41.1. The number of carbonyl (C=O) groups is 2. The lowest BCUT2D eigenvalue weighted by molar-refractivity contribution is -0.157. The van der Waals surface area contributed by atoms with Crippen molar-refractivity contribution in [3.63, 3.8) is 0 Å². The second-order valence-corrected chi connectivity index (χ2v) is 20.1. The van der Waals surface area contributed by atoms with Gasteiger partial charge in [-0.05, 0) is 112 Å². The van der Waals surface area contributed by atoms with Crippen molar-refractivity contribution < 1.29 is 46.5 Å². The van der Waals surface area contributed by atoms with E-state index in [-0.39, 0.29) is 118 Å². The largest absolute Gasteiger partial charge is 0.486 e. The maximum atomic E-state index is 17.1. The van der Waals surface area contributed by atoms with Crippen LogP contribution in [0.1, 0.15) is 91.6 Å². The van der Waals surface area contributed by atoms with Crippen molar-refractivity contribution in [2.24, 2.45) is 0 Å². The summed E-state index contributed by atoms with van der Waals surface area (Å²) < 4.78 is 80.2. The third-order valence-electron chi connectivity index (χ3n) is 15.5. The van der Waals surface area contributed by atoms with Crippen molar-refractivity contribution in [2.45, 2.75) is 96.0 Å². The highest BCUT2D eigenvalue weighted by atomic mass is 35.5. The highest BCUT2D eigenvalue weighted by Gasteiger charge is 2.46. The number of piperazine rings is 1. The minimum absolute atomic E-state index is 0.135. The number of nitrogens with two attached hydrogens (primary N) is 1. The fraction of sp³-hybridized carbons (Fsp3) is 0.423. The molecule has 2 aromatic carbocycles. The molecule has 0 bridgehead atoms. The van der Waals surface area contributed by atoms with Crippen molar-refractivity contribution in [2.75, 3.05) is 61.8 Å². The number of alkyl halides is 3. The van der Waals surface area contributed by atoms with Crippen LogP contribution in [0.25, 0.3) is 27.7 Å². The number of cyclic esters (lactones) is 1. The second-order valence-electron chi connectivity index (χ2n) is 19.7. The minimum Gasteiger partial charge on any atom is -0.486 e. The summed E-state index contributed by atoms with van der Waals surface area (Å²) in [5.41, 5.74) is 7.34. The number of aryl methyl sites for hydroxylation is 1. The smallest absolute Gasteiger partial charge is 0.418 e. The van der Waals surface area contributed by atoms with Gasteiger partial charge in [-0.15, -0.1) is 0 Å². The Morgan fingerprint density at radius 1 is 1.07 bits per heavy atom. The van der Waals surface area contributed by atoms with Crippen molar-refractivity contribution >= 4 is 57.3 Å². The molecular weight excluding hydrogens is 974 g/mol. The first-order valence-electron chi connectivity index (χ1n) is 24.4. The average Bonchev–Trinajstić information content (AvgIpc) is 4.06. The molecule has 6 aliphatic rings. The molecular formula is C52H52ClF4N9O7. The van der Waals surface area contributed by atoms with Crippen LogP contribution in [-0.2, 0) is 33.7 Å². The number of ether oxygens (including phenoxy) is 3. The number of amides is 1. The van der Waals surface area contributed by atoms with Crippen LogP contribution in [0.5, 0.6) is 11.8 Å². The molecule has 4 N–H and O–H groups in total. The molecule has 3 fully saturated rings. The molecule has 73 heavy (non-hydrogen) atoms. The summed E-state index contributed by atoms with van der Waals surface area (Å²) in [5.74, 6) is -1.78. The van der Waals surface area contributed by atoms with E-state index in [1.807, 2.05) is 24.0 Å². The molecule has 382 valence electrons. The molecule has 3 saturated heterocycles. The first-order chi connectivity index (χ1) is 34.8. The van der Waals surface area contributed by atoms with Gasteiger partial charge in [-0.1, -0.05) is 25.1 Å². The molecule has 0 saturated carbocycles. The van der Waals surface area contributed by atoms with Gasteiger partial charge >= 0.3 is 18.2 Å². The maximum absolute atomic E-state index is 17.1. The number of nitrogen functional groups attached to an aromatic ring is 1. The number of rotatable bonds is 10. The van der Waals surface area contributed by atoms with Gasteiger partial charge in [0.2, 0.25) is 0 Å². The number of halogens is 5. The van der Waals surface area contributed by atoms with Gasteiger partial charge in [-0.2, -0.15) is 23.1 Å². The lowest BCUT2D eigenvalue weighted by atomic mass is 9.88. The van der Waals surface area contributed by atoms with Crippen LogP contribution in [0.2, 0.25) is 5.02 Å². The minimum atomic E-state index is -4.92. The van der Waals surface area contributed by atoms with E-state index in [1.165, 1.54) is 13.0 Å². The number of pyridine rings is 2. The molecule has 11 rings (SSSR count). The summed E-state index contributed by atoms with van der Waals surface area (Å²) in [4.78, 5) is 59.0. The second kappa shape index (κ2) is 18.0. The first kappa shape index (κ1) is 48.5. The van der Waals surface area contributed by atoms with Gasteiger partial charge in [0, 0.05) is 66.2 Å². The third kappa shape index (κ3) is 8.12. The lowest BCUT2D eigenvalue weighted by Crippen LogP contribution is -2.50. The van der Waals surface area contributed by atoms with E-state index in [4.69, 9.17) is 36.5 Å². The van der Waals surface area contributed by atoms with E-state index in [2.05, 4.69) is 26.8 Å². The molecule has 0 aliphatic carbocycles. The Bertz CT molecular complexity index is 3270. The van der Waals surface area contributed by atoms with Gasteiger partial charge < -0.3 is 44.7 Å². The zero-order valence-electron chi connectivity index (χ0n) is 40.3. The zero-order chi connectivity index (χ0) is 51.4. The quantitative estimate of drug-likeness (QED) is 0.0702. The Balaban J connectivity index is 0.826. The Labute approximate surface area is 421 Å². The van der Waals surface area contributed by atoms with E-state index in [9.17, 15) is 32.7 Å². The predicted molar refractivity (Wildman–Crippen MR) is 264 cm³/mol. The Kier molecular flexibility index (Phi) is 12.0. The number of allylic oxidation sites excluding steroid dienone is 1. The van der Waals surface area contributed by atoms with Gasteiger partial charge in [0.25, 0.3) is 11.5 Å². The van der Waals surface area contributed by atoms with Gasteiger partial charge in [-0.25, -0.2) is 14.2 Å². The summed E-state index contributed by atoms with van der Waals surface area (Å²) in [6.45, 7) is 12.2. The summed E-state index contributed by atoms with van der Waals surface area (Å²) >= 11 is 6.73. The molecule has 3 unspecified atom stereocenters. The SMILES string of the molecule is C=C(C(=O)N1CCN(c2nc(OCC34CCCN3CCC4)nc3c(F)c(-c4nc(N)cc(C)c4C(F)(F)F)c(Cl)cc23)CC1)C(C)Oc1ccc2c(c1)C(CC)=C1Cn3c(cc4c(c3=O)COC(=O)C4O)C1N2. The molecule has 3 aromatic heterocycles. The first-order valence-corrected chi connectivity index (χ1v) is 24.8. The lowest BCUT2D eigenvalue weighted by Gasteiger charge is -2.37. The van der Waals surface area contributed by atoms with Crippen LogP contribution < -0.4 is 31.0 Å². The molecule has 21 heteroatoms. The monoisotopic (exact) mass is 1030 g/mol. The summed E-state index contributed by atoms with van der Waals surface area (Å²) in [6.07, 6.45) is -2.74. The Morgan fingerprint density at radius 3 is 2.52 bits per heavy atom. The van der Waals surface area contributed by atoms with Crippen LogP contribution in [0.15, 0.2) is 58.9 Å². The molecule has 1 amide bonds. The molecule has 6 aliphatic heterocycles. The number of hydrogen-bond donors (Lipinski definition) is 3. The Hall–Kier alpha value is -6.77. The number of benzene rings is 2. The number of esters is 1. The van der Waals surface area contributed by atoms with Gasteiger partial charge in [-0.3, -0.25) is 14.5 Å². The standard InChI is InChI=1S/C52H52ClF4N9O7/c1-5-29-30-19-28(8-9-36(30)59-42-33(29)22-66-37(42)21-31-34(48(66)69)23-71-49(70)45(31)67)73-27(4)26(3)47(68)64-16-14-63(15-17-64)46-32-20-35(53)39(44-40(52(55,56)57)25(2)18-38(58)60-44)41(54)43(32)61-50(62-46)72-24-51-10-6-12-65(51)13-7-11-51/h8-9,18-21,27,42,45,59,67H,3,5-7,10-17,22-24H2,1-2,4H3,(H2,58,60). The average molecular weight is 1030 g/mol. The molecule has 0 radical (unpaired) electrons. The van der Waals surface area contributed by atoms with Gasteiger partial charge in [0.1, 0.15) is 42.2 Å². The molecule has 0 spiro atoms. The van der Waals surface area contributed by atoms with Crippen LogP contribution in [0, 0.1) is 12.7 Å². The van der Waals surface area contributed by atoms with Crippen molar-refractivity contribution in [1.82, 2.24) is 29.3 Å². The van der Waals surface area contributed by atoms with Crippen molar-refractivity contribution in [1.29, 1.82) is 0 Å². The van der Waals surface area contributed by atoms with E-state index in [0.717, 1.165) is 67.2 Å². The van der Waals surface area contributed by atoms with E-state index < -0.39 is 47.0 Å². The number of aliphatic hydroxyl groups excluding tert-OH is 1. The number of aromatic nitrogens is 4. The number of fused-ring (bicyclic) bond motifs is 7. The molecule has 3 atom stereocenters. The highest BCUT2D eigenvalue weighted by Crippen LogP contribution is 2.48. The fourth-order valence-electron chi connectivity index (χ4n) is 11.8. The van der Waals surface area contributed by atoms with E-state index >= 15 is 4.39 Å². The summed E-state index contributed by atoms with van der Waals surface area (Å²) in [6, 6.07) is 9.16. The number of aliphatic hydroxyl groups is 1. The van der Waals surface area contributed by atoms with E-state index in [0.29, 0.717) is 24.4 Å². The topological polar surface area (TPSA) is 190 Å². The molecule has 5 aromatic rings. The summed E-state index contributed by atoms with van der Waals surface area (Å²) in [5, 5.41) is 13.9. The van der Waals surface area contributed by atoms with Crippen LogP contribution in [0.4, 0.5) is 34.9 Å². The number of hydrogen-bond acceptors (Lipinski definition) is 14. The third-order valence-corrected chi connectivity index (χ3v) is 15.8. The fourth-order valence-corrected chi connectivity index (χ4v) is 12.1. The van der Waals surface area contributed by atoms with Gasteiger partial charge in [0.15, 0.2) is 11.9 Å². The predicted octanol–water partition coefficient (Wildman–Crippen LogP) is 7.67. The van der Waals surface area contributed by atoms with Crippen molar-refractivity contribution in [3.8, 4) is 23.0 Å². The van der Waals surface area contributed by atoms with Gasteiger partial charge in [0.05, 0.1) is 39.0 Å². The highest BCUT2D eigenvalue weighted by molar-refractivity contribution is 6.34. The van der Waals surface area contributed by atoms with Crippen LogP contribution in [0.3, 0.4) is 0 Å².